The molecule has 2 aromatic carbocycles. The second-order valence-corrected chi connectivity index (χ2v) is 4.56. The number of methoxy groups -OCH3 is 1. The maximum Gasteiger partial charge on any atom is 0.409 e. The minimum absolute atomic E-state index is 0.0293. The minimum atomic E-state index is -1.22. The standard InChI is InChI=1S/C16H14FNO4/c1-22-13-6-7-14(18-16(20)21)11(8-13)9-15(19)10-2-4-12(17)5-3-10/h2-8,18H,9H2,1H3,(H,20,21). The fraction of sp³-hybridized carbons (Fsp3) is 0.125. The van der Waals surface area contributed by atoms with Crippen molar-refractivity contribution in [1.82, 2.24) is 0 Å². The van der Waals surface area contributed by atoms with Gasteiger partial charge in [-0.2, -0.15) is 0 Å². The van der Waals surface area contributed by atoms with Crippen molar-refractivity contribution in [3.05, 3.63) is 59.4 Å². The summed E-state index contributed by atoms with van der Waals surface area (Å²) in [5.41, 5.74) is 1.14. The Morgan fingerprint density at radius 1 is 1.18 bits per heavy atom. The van der Waals surface area contributed by atoms with Gasteiger partial charge in [-0.25, -0.2) is 9.18 Å². The normalized spacial score (nSPS) is 10.1. The molecular weight excluding hydrogens is 289 g/mol. The van der Waals surface area contributed by atoms with Crippen LogP contribution in [0.3, 0.4) is 0 Å². The molecule has 0 aliphatic heterocycles. The van der Waals surface area contributed by atoms with Crippen LogP contribution in [0.2, 0.25) is 0 Å². The number of hydrogen-bond acceptors (Lipinski definition) is 3. The van der Waals surface area contributed by atoms with E-state index in [4.69, 9.17) is 9.84 Å². The van der Waals surface area contributed by atoms with Gasteiger partial charge in [0.05, 0.1) is 7.11 Å². The largest absolute Gasteiger partial charge is 0.497 e. The van der Waals surface area contributed by atoms with E-state index in [0.717, 1.165) is 0 Å². The molecule has 5 nitrogen and oxygen atoms in total. The summed E-state index contributed by atoms with van der Waals surface area (Å²) in [6.07, 6.45) is -1.25. The number of benzene rings is 2. The number of hydrogen-bond donors (Lipinski definition) is 2. The van der Waals surface area contributed by atoms with E-state index in [1.165, 1.54) is 37.4 Å². The maximum absolute atomic E-state index is 12.9. The number of carboxylic acid groups (broad SMARTS) is 1. The van der Waals surface area contributed by atoms with Crippen LogP contribution < -0.4 is 10.1 Å². The molecule has 22 heavy (non-hydrogen) atoms. The molecule has 0 bridgehead atoms. The van der Waals surface area contributed by atoms with Gasteiger partial charge >= 0.3 is 6.09 Å². The Kier molecular flexibility index (Phi) is 4.73. The average Bonchev–Trinajstić information content (AvgIpc) is 2.49. The Hall–Kier alpha value is -2.89. The molecule has 0 aromatic heterocycles. The second-order valence-electron chi connectivity index (χ2n) is 4.56. The lowest BCUT2D eigenvalue weighted by molar-refractivity contribution is 0.0993. The monoisotopic (exact) mass is 303 g/mol. The molecule has 1 amide bonds. The van der Waals surface area contributed by atoms with Gasteiger partial charge in [-0.15, -0.1) is 0 Å². The van der Waals surface area contributed by atoms with Crippen LogP contribution in [-0.4, -0.2) is 24.1 Å². The molecule has 0 unspecified atom stereocenters. The fourth-order valence-electron chi connectivity index (χ4n) is 1.99. The molecule has 6 heteroatoms. The van der Waals surface area contributed by atoms with Gasteiger partial charge in [0.1, 0.15) is 11.6 Å². The summed E-state index contributed by atoms with van der Waals surface area (Å²) in [6, 6.07) is 9.90. The highest BCUT2D eigenvalue weighted by molar-refractivity contribution is 5.98. The highest BCUT2D eigenvalue weighted by Gasteiger charge is 2.13. The third kappa shape index (κ3) is 3.82. The van der Waals surface area contributed by atoms with Crippen molar-refractivity contribution < 1.29 is 23.8 Å². The quantitative estimate of drug-likeness (QED) is 0.831. The van der Waals surface area contributed by atoms with Gasteiger partial charge in [-0.3, -0.25) is 10.1 Å². The first-order valence-electron chi connectivity index (χ1n) is 6.45. The first-order chi connectivity index (χ1) is 10.5. The Bertz CT molecular complexity index is 698. The van der Waals surface area contributed by atoms with Crippen molar-refractivity contribution in [2.75, 3.05) is 12.4 Å². The van der Waals surface area contributed by atoms with Crippen molar-refractivity contribution in [2.24, 2.45) is 0 Å². The number of Topliss-reactive ketones (excluding diaryl/α,β-unsaturated/α-hetero) is 1. The van der Waals surface area contributed by atoms with E-state index in [-0.39, 0.29) is 12.2 Å². The molecule has 0 aliphatic rings. The number of carbonyl (C=O) groups is 2. The number of ether oxygens (including phenoxy) is 1. The van der Waals surface area contributed by atoms with Crippen LogP contribution in [0.5, 0.6) is 5.75 Å². The SMILES string of the molecule is COc1ccc(NC(=O)O)c(CC(=O)c2ccc(F)cc2)c1. The van der Waals surface area contributed by atoms with Gasteiger partial charge in [0.2, 0.25) is 0 Å². The third-order valence-corrected chi connectivity index (χ3v) is 3.07. The summed E-state index contributed by atoms with van der Waals surface area (Å²) in [6.45, 7) is 0. The summed E-state index contributed by atoms with van der Waals surface area (Å²) < 4.78 is 18.0. The highest BCUT2D eigenvalue weighted by Crippen LogP contribution is 2.24. The van der Waals surface area contributed by atoms with Crippen LogP contribution in [0.1, 0.15) is 15.9 Å². The molecule has 0 aliphatic carbocycles. The molecule has 0 spiro atoms. The van der Waals surface area contributed by atoms with Crippen LogP contribution in [-0.2, 0) is 6.42 Å². The van der Waals surface area contributed by atoms with E-state index < -0.39 is 11.9 Å². The number of amides is 1. The van der Waals surface area contributed by atoms with Gasteiger partial charge in [0, 0.05) is 17.7 Å². The minimum Gasteiger partial charge on any atom is -0.497 e. The van der Waals surface area contributed by atoms with E-state index in [9.17, 15) is 14.0 Å². The van der Waals surface area contributed by atoms with Crippen LogP contribution in [0.15, 0.2) is 42.5 Å². The molecule has 0 heterocycles. The first-order valence-corrected chi connectivity index (χ1v) is 6.45. The molecule has 0 saturated carbocycles. The number of halogens is 1. The van der Waals surface area contributed by atoms with E-state index in [0.29, 0.717) is 22.6 Å². The molecule has 0 fully saturated rings. The Labute approximate surface area is 126 Å². The lowest BCUT2D eigenvalue weighted by Crippen LogP contribution is -2.12. The van der Waals surface area contributed by atoms with E-state index >= 15 is 0 Å². The summed E-state index contributed by atoms with van der Waals surface area (Å²) >= 11 is 0. The molecule has 0 radical (unpaired) electrons. The van der Waals surface area contributed by atoms with Gasteiger partial charge in [0.15, 0.2) is 5.78 Å². The van der Waals surface area contributed by atoms with Crippen LogP contribution in [0.25, 0.3) is 0 Å². The van der Waals surface area contributed by atoms with E-state index in [1.54, 1.807) is 12.1 Å². The summed E-state index contributed by atoms with van der Waals surface area (Å²) in [5.74, 6) is -0.161. The smallest absolute Gasteiger partial charge is 0.409 e. The number of carbonyl (C=O) groups excluding carboxylic acids is 1. The second kappa shape index (κ2) is 6.71. The van der Waals surface area contributed by atoms with Gasteiger partial charge in [-0.05, 0) is 48.0 Å². The van der Waals surface area contributed by atoms with E-state index in [1.807, 2.05) is 0 Å². The molecule has 114 valence electrons. The Balaban J connectivity index is 2.27. The van der Waals surface area contributed by atoms with Crippen molar-refractivity contribution >= 4 is 17.6 Å². The maximum atomic E-state index is 12.9. The fourth-order valence-corrected chi connectivity index (χ4v) is 1.99. The molecule has 0 saturated heterocycles. The predicted octanol–water partition coefficient (Wildman–Crippen LogP) is 3.35. The predicted molar refractivity (Wildman–Crippen MR) is 79.1 cm³/mol. The molecule has 2 N–H and O–H groups in total. The van der Waals surface area contributed by atoms with Crippen LogP contribution in [0, 0.1) is 5.82 Å². The lowest BCUT2D eigenvalue weighted by atomic mass is 10.0. The number of rotatable bonds is 5. The van der Waals surface area contributed by atoms with Crippen LogP contribution in [0.4, 0.5) is 14.9 Å². The van der Waals surface area contributed by atoms with E-state index in [2.05, 4.69) is 5.32 Å². The van der Waals surface area contributed by atoms with Crippen molar-refractivity contribution in [2.45, 2.75) is 6.42 Å². The Morgan fingerprint density at radius 2 is 1.86 bits per heavy atom. The van der Waals surface area contributed by atoms with Gasteiger partial charge < -0.3 is 9.84 Å². The molecule has 2 rings (SSSR count). The number of ketones is 1. The van der Waals surface area contributed by atoms with Gasteiger partial charge in [-0.1, -0.05) is 0 Å². The number of nitrogens with one attached hydrogen (secondary N) is 1. The molecular formula is C16H14FNO4. The zero-order valence-corrected chi connectivity index (χ0v) is 11.8. The summed E-state index contributed by atoms with van der Waals surface area (Å²) in [4.78, 5) is 23.0. The molecule has 0 atom stereocenters. The highest BCUT2D eigenvalue weighted by atomic mass is 19.1. The summed E-state index contributed by atoms with van der Waals surface area (Å²) in [5, 5.41) is 11.1. The van der Waals surface area contributed by atoms with Crippen molar-refractivity contribution in [3.8, 4) is 5.75 Å². The Morgan fingerprint density at radius 3 is 2.45 bits per heavy atom. The average molecular weight is 303 g/mol. The summed E-state index contributed by atoms with van der Waals surface area (Å²) in [7, 11) is 1.48. The van der Waals surface area contributed by atoms with Crippen molar-refractivity contribution in [3.63, 3.8) is 0 Å². The van der Waals surface area contributed by atoms with Gasteiger partial charge in [0.25, 0.3) is 0 Å². The van der Waals surface area contributed by atoms with Crippen LogP contribution >= 0.6 is 0 Å². The van der Waals surface area contributed by atoms with Crippen molar-refractivity contribution in [1.29, 1.82) is 0 Å². The zero-order chi connectivity index (χ0) is 16.1. The third-order valence-electron chi connectivity index (χ3n) is 3.07. The molecule has 2 aromatic rings. The first kappa shape index (κ1) is 15.5. The topological polar surface area (TPSA) is 75.6 Å². The lowest BCUT2D eigenvalue weighted by Gasteiger charge is -2.11. The zero-order valence-electron chi connectivity index (χ0n) is 11.8. The number of anilines is 1.